The largest absolute Gasteiger partial charge is 0.207 e. The van der Waals surface area contributed by atoms with Crippen LogP contribution in [0.1, 0.15) is 5.56 Å². The normalized spacial score (nSPS) is 10.8. The van der Waals surface area contributed by atoms with Crippen molar-refractivity contribution in [3.05, 3.63) is 96.3 Å². The molecule has 2 heteroatoms. The summed E-state index contributed by atoms with van der Waals surface area (Å²) in [5, 5.41) is 2.94. The molecule has 110 valence electrons. The van der Waals surface area contributed by atoms with E-state index < -0.39 is 8.80 Å². The third-order valence-electron chi connectivity index (χ3n) is 4.04. The maximum atomic E-state index is 13.0. The molecule has 0 saturated carbocycles. The van der Waals surface area contributed by atoms with Crippen LogP contribution in [0.15, 0.2) is 84.9 Å². The van der Waals surface area contributed by atoms with Gasteiger partial charge in [0.05, 0.1) is 0 Å². The second-order valence-electron chi connectivity index (χ2n) is 5.54. The third kappa shape index (κ3) is 3.71. The predicted octanol–water partition coefficient (Wildman–Crippen LogP) is 3.41. The molecule has 0 nitrogen and oxygen atoms in total. The molecule has 3 rings (SSSR count). The summed E-state index contributed by atoms with van der Waals surface area (Å²) in [4.78, 5) is 0. The van der Waals surface area contributed by atoms with Crippen LogP contribution in [0.5, 0.6) is 0 Å². The molecule has 0 N–H and O–H groups in total. The summed E-state index contributed by atoms with van der Waals surface area (Å²) < 4.78 is 13.0. The van der Waals surface area contributed by atoms with Gasteiger partial charge in [0, 0.05) is 0 Å². The molecule has 0 amide bonds. The molecule has 0 spiro atoms. The van der Waals surface area contributed by atoms with Crippen molar-refractivity contribution in [2.45, 2.75) is 12.5 Å². The van der Waals surface area contributed by atoms with Gasteiger partial charge in [-0.2, -0.15) is 0 Å². The minimum absolute atomic E-state index is 0.163. The highest BCUT2D eigenvalue weighted by Crippen LogP contribution is 2.08. The Morgan fingerprint density at radius 2 is 1.14 bits per heavy atom. The molecule has 0 bridgehead atoms. The quantitative estimate of drug-likeness (QED) is 0.634. The van der Waals surface area contributed by atoms with Crippen LogP contribution in [0.4, 0.5) is 4.39 Å². The van der Waals surface area contributed by atoms with Gasteiger partial charge in [0.1, 0.15) is 14.6 Å². The van der Waals surface area contributed by atoms with E-state index >= 15 is 0 Å². The number of aryl methyl sites for hydroxylation is 1. The van der Waals surface area contributed by atoms with Crippen LogP contribution >= 0.6 is 0 Å². The van der Waals surface area contributed by atoms with Gasteiger partial charge < -0.3 is 0 Å². The molecule has 0 fully saturated rings. The highest BCUT2D eigenvalue weighted by atomic mass is 28.3. The number of hydrogen-bond donors (Lipinski definition) is 0. The van der Waals surface area contributed by atoms with Gasteiger partial charge in [-0.15, -0.1) is 0 Å². The van der Waals surface area contributed by atoms with Crippen LogP contribution in [0.25, 0.3) is 0 Å². The lowest BCUT2D eigenvalue weighted by Crippen LogP contribution is -2.42. The zero-order valence-corrected chi connectivity index (χ0v) is 13.6. The van der Waals surface area contributed by atoms with Gasteiger partial charge in [-0.05, 0) is 30.2 Å². The lowest BCUT2D eigenvalue weighted by molar-refractivity contribution is 0.627. The summed E-state index contributed by atoms with van der Waals surface area (Å²) in [6.45, 7) is 0. The van der Waals surface area contributed by atoms with Crippen LogP contribution in [0, 0.1) is 5.82 Å². The lowest BCUT2D eigenvalue weighted by atomic mass is 10.2. The van der Waals surface area contributed by atoms with Gasteiger partial charge in [0.2, 0.25) is 0 Å². The number of hydrogen-bond acceptors (Lipinski definition) is 0. The fraction of sp³-hybridized carbons (Fsp3) is 0.100. The molecule has 22 heavy (non-hydrogen) atoms. The zero-order chi connectivity index (χ0) is 15.2. The van der Waals surface area contributed by atoms with Crippen LogP contribution in [-0.2, 0) is 6.42 Å². The van der Waals surface area contributed by atoms with Crippen molar-refractivity contribution in [2.75, 3.05) is 0 Å². The Balaban J connectivity index is 1.81. The Labute approximate surface area is 132 Å². The SMILES string of the molecule is Fc1ccc(CC[SiH](c2ccccc2)c2ccccc2)cc1. The molecular formula is C20H19FSi. The molecule has 0 aliphatic rings. The van der Waals surface area contributed by atoms with E-state index in [0.717, 1.165) is 12.5 Å². The lowest BCUT2D eigenvalue weighted by Gasteiger charge is -2.16. The first-order chi connectivity index (χ1) is 10.8. The van der Waals surface area contributed by atoms with E-state index in [1.165, 1.54) is 15.9 Å². The maximum Gasteiger partial charge on any atom is 0.123 e. The van der Waals surface area contributed by atoms with E-state index in [1.807, 2.05) is 12.1 Å². The van der Waals surface area contributed by atoms with E-state index in [4.69, 9.17) is 0 Å². The van der Waals surface area contributed by atoms with Crippen LogP contribution in [0.3, 0.4) is 0 Å². The van der Waals surface area contributed by atoms with Crippen molar-refractivity contribution in [3.8, 4) is 0 Å². The van der Waals surface area contributed by atoms with Crippen molar-refractivity contribution >= 4 is 19.2 Å². The van der Waals surface area contributed by atoms with Crippen molar-refractivity contribution in [1.29, 1.82) is 0 Å². The monoisotopic (exact) mass is 306 g/mol. The molecule has 0 saturated heterocycles. The van der Waals surface area contributed by atoms with Crippen molar-refractivity contribution in [3.63, 3.8) is 0 Å². The smallest absolute Gasteiger partial charge is 0.123 e. The predicted molar refractivity (Wildman–Crippen MR) is 94.2 cm³/mol. The molecule has 0 unspecified atom stereocenters. The van der Waals surface area contributed by atoms with Crippen LogP contribution in [0.2, 0.25) is 6.04 Å². The summed E-state index contributed by atoms with van der Waals surface area (Å²) >= 11 is 0. The first-order valence-corrected chi connectivity index (χ1v) is 9.64. The number of halogens is 1. The molecule has 3 aromatic rings. The fourth-order valence-corrected chi connectivity index (χ4v) is 5.91. The first-order valence-electron chi connectivity index (χ1n) is 7.67. The van der Waals surface area contributed by atoms with E-state index in [0.29, 0.717) is 0 Å². The van der Waals surface area contributed by atoms with Gasteiger partial charge in [-0.25, -0.2) is 4.39 Å². The summed E-state index contributed by atoms with van der Waals surface area (Å²) in [6.07, 6.45) is 1.00. The topological polar surface area (TPSA) is 0 Å². The van der Waals surface area contributed by atoms with Gasteiger partial charge in [0.15, 0.2) is 0 Å². The molecule has 0 heterocycles. The molecule has 3 aromatic carbocycles. The van der Waals surface area contributed by atoms with E-state index in [-0.39, 0.29) is 5.82 Å². The number of benzene rings is 3. The Kier molecular flexibility index (Phi) is 4.81. The van der Waals surface area contributed by atoms with Gasteiger partial charge >= 0.3 is 0 Å². The highest BCUT2D eigenvalue weighted by molar-refractivity contribution is 6.85. The van der Waals surface area contributed by atoms with Gasteiger partial charge in [-0.1, -0.05) is 83.2 Å². The van der Waals surface area contributed by atoms with Gasteiger partial charge in [-0.3, -0.25) is 0 Å². The first kappa shape index (κ1) is 14.7. The minimum Gasteiger partial charge on any atom is -0.207 e. The minimum atomic E-state index is -1.23. The molecule has 0 aromatic heterocycles. The zero-order valence-electron chi connectivity index (χ0n) is 12.5. The van der Waals surface area contributed by atoms with Crippen LogP contribution < -0.4 is 10.4 Å². The van der Waals surface area contributed by atoms with Gasteiger partial charge in [0.25, 0.3) is 0 Å². The molecule has 0 atom stereocenters. The number of rotatable bonds is 5. The highest BCUT2D eigenvalue weighted by Gasteiger charge is 2.15. The Morgan fingerprint density at radius 3 is 1.64 bits per heavy atom. The maximum absolute atomic E-state index is 13.0. The second-order valence-corrected chi connectivity index (χ2v) is 8.55. The fourth-order valence-electron chi connectivity index (χ4n) is 2.86. The van der Waals surface area contributed by atoms with E-state index in [2.05, 4.69) is 60.7 Å². The molecule has 0 aliphatic heterocycles. The summed E-state index contributed by atoms with van der Waals surface area (Å²) in [5.74, 6) is -0.163. The Morgan fingerprint density at radius 1 is 0.636 bits per heavy atom. The molecular weight excluding hydrogens is 287 g/mol. The van der Waals surface area contributed by atoms with Crippen molar-refractivity contribution in [1.82, 2.24) is 0 Å². The Hall–Kier alpha value is -2.19. The molecule has 0 radical (unpaired) electrons. The van der Waals surface area contributed by atoms with Crippen LogP contribution in [-0.4, -0.2) is 8.80 Å². The van der Waals surface area contributed by atoms with Crippen molar-refractivity contribution in [2.24, 2.45) is 0 Å². The summed E-state index contributed by atoms with van der Waals surface area (Å²) in [6, 6.07) is 29.7. The second kappa shape index (κ2) is 7.19. The summed E-state index contributed by atoms with van der Waals surface area (Å²) in [5.41, 5.74) is 1.21. The average molecular weight is 306 g/mol. The Bertz CT molecular complexity index is 653. The van der Waals surface area contributed by atoms with E-state index in [9.17, 15) is 4.39 Å². The third-order valence-corrected chi connectivity index (χ3v) is 7.28. The van der Waals surface area contributed by atoms with E-state index in [1.54, 1.807) is 12.1 Å². The standard InChI is InChI=1S/C20H19FSi/c21-18-13-11-17(12-14-18)15-16-22(19-7-3-1-4-8-19)20-9-5-2-6-10-20/h1-14,22H,15-16H2. The summed E-state index contributed by atoms with van der Waals surface area (Å²) in [7, 11) is -1.23. The van der Waals surface area contributed by atoms with Crippen molar-refractivity contribution < 1.29 is 4.39 Å². The molecule has 0 aliphatic carbocycles. The average Bonchev–Trinajstić information content (AvgIpc) is 2.59.